The minimum absolute atomic E-state index is 0.0803. The topological polar surface area (TPSA) is 86.8 Å². The second-order valence-electron chi connectivity index (χ2n) is 10.7. The molecule has 3 aromatic carbocycles. The smallest absolute Gasteiger partial charge is 0.264 e. The third-order valence-electron chi connectivity index (χ3n) is 6.18. The van der Waals surface area contributed by atoms with Crippen LogP contribution in [0.4, 0.5) is 5.69 Å². The highest BCUT2D eigenvalue weighted by Crippen LogP contribution is 2.28. The molecule has 0 spiro atoms. The zero-order valence-corrected chi connectivity index (χ0v) is 25.6. The number of rotatable bonds is 9. The molecule has 1 N–H and O–H groups in total. The van der Waals surface area contributed by atoms with Gasteiger partial charge in [0.1, 0.15) is 12.6 Å². The lowest BCUT2D eigenvalue weighted by Crippen LogP contribution is -2.54. The van der Waals surface area contributed by atoms with E-state index in [0.717, 1.165) is 19.9 Å². The van der Waals surface area contributed by atoms with E-state index in [4.69, 9.17) is 0 Å². The van der Waals surface area contributed by atoms with E-state index in [1.165, 1.54) is 17.0 Å². The first-order chi connectivity index (χ1) is 18.2. The van der Waals surface area contributed by atoms with Gasteiger partial charge in [0.2, 0.25) is 11.8 Å². The number of benzene rings is 3. The van der Waals surface area contributed by atoms with Crippen molar-refractivity contribution < 1.29 is 18.0 Å². The molecule has 3 aromatic rings. The number of anilines is 1. The number of nitrogens with zero attached hydrogens (tertiary/aromatic N) is 2. The fourth-order valence-electron chi connectivity index (χ4n) is 4.06. The molecule has 9 heteroatoms. The van der Waals surface area contributed by atoms with Crippen LogP contribution in [0.5, 0.6) is 0 Å². The van der Waals surface area contributed by atoms with E-state index in [1.54, 1.807) is 31.2 Å². The Hall–Kier alpha value is -3.17. The summed E-state index contributed by atoms with van der Waals surface area (Å²) in [5.41, 5.74) is 2.31. The third-order valence-corrected chi connectivity index (χ3v) is 8.48. The van der Waals surface area contributed by atoms with Gasteiger partial charge in [-0.3, -0.25) is 13.9 Å². The van der Waals surface area contributed by atoms with Crippen molar-refractivity contribution in [2.24, 2.45) is 0 Å². The maximum atomic E-state index is 14.0. The summed E-state index contributed by atoms with van der Waals surface area (Å²) < 4.78 is 29.9. The summed E-state index contributed by atoms with van der Waals surface area (Å²) in [7, 11) is -4.10. The highest BCUT2D eigenvalue weighted by Gasteiger charge is 2.33. The number of nitrogens with one attached hydrogen (secondary N) is 1. The lowest BCUT2D eigenvalue weighted by Gasteiger charge is -2.34. The molecule has 39 heavy (non-hydrogen) atoms. The molecule has 0 radical (unpaired) electrons. The molecule has 2 amide bonds. The van der Waals surface area contributed by atoms with Gasteiger partial charge in [-0.15, -0.1) is 0 Å². The maximum absolute atomic E-state index is 14.0. The Morgan fingerprint density at radius 3 is 2.15 bits per heavy atom. The summed E-state index contributed by atoms with van der Waals surface area (Å²) in [6.07, 6.45) is 0. The molecule has 208 valence electrons. The SMILES string of the molecule is Cc1ccc(C)c(N(CC(=O)N(Cc2ccc(Br)cc2)C(C)C(=O)NC(C)(C)C)S(=O)(=O)c2ccccc2)c1. The number of carbonyl (C=O) groups excluding carboxylic acids is 2. The first-order valence-electron chi connectivity index (χ1n) is 12.7. The van der Waals surface area contributed by atoms with Crippen LogP contribution in [0.2, 0.25) is 0 Å². The summed E-state index contributed by atoms with van der Waals surface area (Å²) in [5, 5.41) is 2.93. The minimum atomic E-state index is -4.10. The maximum Gasteiger partial charge on any atom is 0.264 e. The van der Waals surface area contributed by atoms with Gasteiger partial charge in [0.15, 0.2) is 0 Å². The molecule has 0 heterocycles. The molecule has 0 aromatic heterocycles. The van der Waals surface area contributed by atoms with Crippen molar-refractivity contribution in [3.8, 4) is 0 Å². The van der Waals surface area contributed by atoms with Crippen molar-refractivity contribution in [2.45, 2.75) is 64.6 Å². The van der Waals surface area contributed by atoms with E-state index in [9.17, 15) is 18.0 Å². The molecule has 0 bridgehead atoms. The van der Waals surface area contributed by atoms with Crippen molar-refractivity contribution in [1.82, 2.24) is 10.2 Å². The minimum Gasteiger partial charge on any atom is -0.350 e. The van der Waals surface area contributed by atoms with Crippen LogP contribution in [0.3, 0.4) is 0 Å². The van der Waals surface area contributed by atoms with Crippen LogP contribution in [0.25, 0.3) is 0 Å². The summed E-state index contributed by atoms with van der Waals surface area (Å²) in [6, 6.07) is 20.1. The van der Waals surface area contributed by atoms with Crippen LogP contribution < -0.4 is 9.62 Å². The fourth-order valence-corrected chi connectivity index (χ4v) is 5.82. The Morgan fingerprint density at radius 1 is 0.949 bits per heavy atom. The van der Waals surface area contributed by atoms with Crippen molar-refractivity contribution >= 4 is 43.5 Å². The Kier molecular flexibility index (Phi) is 9.61. The van der Waals surface area contributed by atoms with Crippen LogP contribution in [-0.2, 0) is 26.2 Å². The average molecular weight is 615 g/mol. The normalized spacial score (nSPS) is 12.5. The first-order valence-corrected chi connectivity index (χ1v) is 14.9. The molecule has 1 atom stereocenters. The monoisotopic (exact) mass is 613 g/mol. The molecular weight excluding hydrogens is 578 g/mol. The Morgan fingerprint density at radius 2 is 1.56 bits per heavy atom. The summed E-state index contributed by atoms with van der Waals surface area (Å²) in [5.74, 6) is -0.813. The van der Waals surface area contributed by atoms with Gasteiger partial charge in [0.25, 0.3) is 10.0 Å². The molecule has 0 aliphatic carbocycles. The van der Waals surface area contributed by atoms with Crippen LogP contribution in [0.15, 0.2) is 82.2 Å². The molecule has 0 aliphatic heterocycles. The lowest BCUT2D eigenvalue weighted by molar-refractivity contribution is -0.140. The molecule has 0 fully saturated rings. The quantitative estimate of drug-likeness (QED) is 0.341. The molecule has 0 saturated heterocycles. The second-order valence-corrected chi connectivity index (χ2v) is 13.5. The van der Waals surface area contributed by atoms with Gasteiger partial charge in [-0.1, -0.05) is 58.4 Å². The number of aryl methyl sites for hydroxylation is 2. The van der Waals surface area contributed by atoms with E-state index in [0.29, 0.717) is 11.3 Å². The van der Waals surface area contributed by atoms with E-state index in [2.05, 4.69) is 21.2 Å². The van der Waals surface area contributed by atoms with Crippen LogP contribution >= 0.6 is 15.9 Å². The molecule has 7 nitrogen and oxygen atoms in total. The van der Waals surface area contributed by atoms with Crippen LogP contribution in [0, 0.1) is 13.8 Å². The van der Waals surface area contributed by atoms with Gasteiger partial charge in [-0.2, -0.15) is 0 Å². The van der Waals surface area contributed by atoms with Gasteiger partial charge in [-0.05, 0) is 88.6 Å². The zero-order chi connectivity index (χ0) is 29.0. The number of halogens is 1. The van der Waals surface area contributed by atoms with Crippen molar-refractivity contribution in [2.75, 3.05) is 10.8 Å². The molecule has 0 aliphatic rings. The average Bonchev–Trinajstić information content (AvgIpc) is 2.87. The van der Waals surface area contributed by atoms with Gasteiger partial charge in [0.05, 0.1) is 10.6 Å². The third kappa shape index (κ3) is 7.92. The summed E-state index contributed by atoms with van der Waals surface area (Å²) in [6.45, 7) is 10.6. The highest BCUT2D eigenvalue weighted by molar-refractivity contribution is 9.10. The summed E-state index contributed by atoms with van der Waals surface area (Å²) in [4.78, 5) is 28.7. The van der Waals surface area contributed by atoms with Crippen LogP contribution in [0.1, 0.15) is 44.4 Å². The van der Waals surface area contributed by atoms with Crippen molar-refractivity contribution in [1.29, 1.82) is 0 Å². The standard InChI is InChI=1S/C30H36BrN3O4S/c1-21-12-13-22(2)27(18-21)34(39(37,38)26-10-8-7-9-11-26)20-28(35)33(19-24-14-16-25(31)17-15-24)23(3)29(36)32-30(4,5)6/h7-18,23H,19-20H2,1-6H3,(H,32,36). The number of hydrogen-bond acceptors (Lipinski definition) is 4. The largest absolute Gasteiger partial charge is 0.350 e. The fraction of sp³-hybridized carbons (Fsp3) is 0.333. The number of hydrogen-bond donors (Lipinski definition) is 1. The predicted octanol–water partition coefficient (Wildman–Crippen LogP) is 5.59. The summed E-state index contributed by atoms with van der Waals surface area (Å²) >= 11 is 3.42. The molecule has 3 rings (SSSR count). The Labute approximate surface area is 240 Å². The van der Waals surface area contributed by atoms with E-state index >= 15 is 0 Å². The molecular formula is C30H36BrN3O4S. The van der Waals surface area contributed by atoms with Crippen molar-refractivity contribution in [3.05, 3.63) is 94.0 Å². The van der Waals surface area contributed by atoms with Gasteiger partial charge < -0.3 is 10.2 Å². The number of sulfonamides is 1. The van der Waals surface area contributed by atoms with Gasteiger partial charge in [-0.25, -0.2) is 8.42 Å². The van der Waals surface area contributed by atoms with E-state index < -0.39 is 34.1 Å². The van der Waals surface area contributed by atoms with Gasteiger partial charge >= 0.3 is 0 Å². The number of amides is 2. The number of carbonyl (C=O) groups is 2. The zero-order valence-electron chi connectivity index (χ0n) is 23.2. The Balaban J connectivity index is 2.06. The first kappa shape index (κ1) is 30.4. The predicted molar refractivity (Wildman–Crippen MR) is 159 cm³/mol. The van der Waals surface area contributed by atoms with E-state index in [-0.39, 0.29) is 17.3 Å². The second kappa shape index (κ2) is 12.3. The molecule has 0 saturated carbocycles. The van der Waals surface area contributed by atoms with Crippen molar-refractivity contribution in [3.63, 3.8) is 0 Å². The van der Waals surface area contributed by atoms with E-state index in [1.807, 2.05) is 71.0 Å². The molecule has 1 unspecified atom stereocenters. The highest BCUT2D eigenvalue weighted by atomic mass is 79.9. The van der Waals surface area contributed by atoms with Gasteiger partial charge in [0, 0.05) is 16.6 Å². The lowest BCUT2D eigenvalue weighted by atomic mass is 10.1. The Bertz CT molecular complexity index is 1420. The van der Waals surface area contributed by atoms with Crippen LogP contribution in [-0.4, -0.2) is 43.3 Å².